The Morgan fingerprint density at radius 3 is 2.36 bits per heavy atom. The summed E-state index contributed by atoms with van der Waals surface area (Å²) in [6.07, 6.45) is -3.41. The zero-order valence-electron chi connectivity index (χ0n) is 21.7. The number of carbonyl (C=O) groups excluding carboxylic acids is 2. The number of halogens is 8. The van der Waals surface area contributed by atoms with E-state index in [2.05, 4.69) is 63.3 Å². The second kappa shape index (κ2) is 13.1. The van der Waals surface area contributed by atoms with Crippen molar-refractivity contribution in [3.05, 3.63) is 119 Å². The third-order valence-corrected chi connectivity index (χ3v) is 8.35. The van der Waals surface area contributed by atoms with Crippen molar-refractivity contribution in [2.75, 3.05) is 0 Å². The zero-order valence-corrected chi connectivity index (χ0v) is 28.0. The number of amides is 1. The van der Waals surface area contributed by atoms with Crippen LogP contribution in [0.5, 0.6) is 5.75 Å². The topological polar surface area (TPSA) is 83.5 Å². The van der Waals surface area contributed by atoms with Gasteiger partial charge in [-0.2, -0.15) is 18.3 Å². The van der Waals surface area contributed by atoms with Gasteiger partial charge in [-0.25, -0.2) is 10.2 Å². The van der Waals surface area contributed by atoms with Crippen LogP contribution in [0.15, 0.2) is 91.3 Å². The summed E-state index contributed by atoms with van der Waals surface area (Å²) in [5.41, 5.74) is 3.12. The minimum absolute atomic E-state index is 0.0346. The molecule has 0 spiro atoms. The first-order valence-electron chi connectivity index (χ1n) is 12.3. The molecule has 0 radical (unpaired) electrons. The number of nitrogens with zero attached hydrogens (tertiary/aromatic N) is 1. The summed E-state index contributed by atoms with van der Waals surface area (Å²) in [6.45, 7) is 0. The summed E-state index contributed by atoms with van der Waals surface area (Å²) < 4.78 is 46.5. The van der Waals surface area contributed by atoms with Crippen LogP contribution in [0.3, 0.4) is 0 Å². The van der Waals surface area contributed by atoms with Crippen molar-refractivity contribution in [2.45, 2.75) is 6.18 Å². The Bertz CT molecular complexity index is 1980. The van der Waals surface area contributed by atoms with Crippen LogP contribution >= 0.6 is 71.0 Å². The highest BCUT2D eigenvalue weighted by atomic mass is 79.9. The van der Waals surface area contributed by atoms with E-state index in [1.54, 1.807) is 48.5 Å². The van der Waals surface area contributed by atoms with Gasteiger partial charge in [-0.1, -0.05) is 79.3 Å². The van der Waals surface area contributed by atoms with E-state index >= 15 is 0 Å². The number of hydrogen-bond donors (Lipinski definition) is 2. The fraction of sp³-hybridized carbons (Fsp3) is 0.0333. The first-order chi connectivity index (χ1) is 20.8. The minimum atomic E-state index is -4.64. The Morgan fingerprint density at radius 1 is 0.909 bits per heavy atom. The fourth-order valence-corrected chi connectivity index (χ4v) is 6.73. The third kappa shape index (κ3) is 6.89. The van der Waals surface area contributed by atoms with Gasteiger partial charge in [0.15, 0.2) is 5.75 Å². The number of aromatic amines is 1. The normalized spacial score (nSPS) is 11.7. The molecular weight excluding hydrogens is 818 g/mol. The van der Waals surface area contributed by atoms with E-state index in [0.29, 0.717) is 51.6 Å². The van der Waals surface area contributed by atoms with Gasteiger partial charge in [-0.15, -0.1) is 0 Å². The maximum atomic E-state index is 13.5. The van der Waals surface area contributed by atoms with E-state index in [1.165, 1.54) is 12.3 Å². The first-order valence-corrected chi connectivity index (χ1v) is 15.4. The van der Waals surface area contributed by atoms with E-state index in [9.17, 15) is 22.8 Å². The standard InChI is InChI=1S/C30H15Br3Cl2F3N3O3/c31-17-9-15(27(21(33)11-17)44-29(43)14-4-3-5-16(8-14)30(36,37)38)13-39-41-28(42)26-24(19-6-1-2-7-22(19)34)20-10-18(32)12-23(35)25(20)40-26/h1-13,40H,(H,41,42). The zero-order chi connectivity index (χ0) is 31.8. The van der Waals surface area contributed by atoms with Gasteiger partial charge in [0.25, 0.3) is 5.91 Å². The molecule has 6 nitrogen and oxygen atoms in total. The second-order valence-electron chi connectivity index (χ2n) is 9.14. The molecule has 1 amide bonds. The monoisotopic (exact) mass is 829 g/mol. The Balaban J connectivity index is 1.46. The first kappa shape index (κ1) is 32.2. The lowest BCUT2D eigenvalue weighted by atomic mass is 10.0. The number of aromatic nitrogens is 1. The van der Waals surface area contributed by atoms with Crippen LogP contribution in [0.1, 0.15) is 32.0 Å². The highest BCUT2D eigenvalue weighted by Gasteiger charge is 2.31. The van der Waals surface area contributed by atoms with Gasteiger partial charge in [0, 0.05) is 36.0 Å². The molecule has 5 rings (SSSR count). The van der Waals surface area contributed by atoms with Crippen LogP contribution in [0.2, 0.25) is 10.0 Å². The lowest BCUT2D eigenvalue weighted by molar-refractivity contribution is -0.137. The van der Waals surface area contributed by atoms with Crippen LogP contribution < -0.4 is 10.2 Å². The van der Waals surface area contributed by atoms with E-state index in [-0.39, 0.29) is 22.6 Å². The summed E-state index contributed by atoms with van der Waals surface area (Å²) >= 11 is 23.0. The molecule has 0 saturated carbocycles. The average molecular weight is 833 g/mol. The number of rotatable bonds is 6. The van der Waals surface area contributed by atoms with Crippen LogP contribution in [-0.2, 0) is 6.18 Å². The number of ether oxygens (including phenoxy) is 1. The number of esters is 1. The summed E-state index contributed by atoms with van der Waals surface area (Å²) in [5, 5.41) is 5.48. The molecule has 0 fully saturated rings. The van der Waals surface area contributed by atoms with Crippen LogP contribution in [0.25, 0.3) is 22.0 Å². The van der Waals surface area contributed by atoms with E-state index in [1.807, 2.05) is 0 Å². The van der Waals surface area contributed by atoms with Crippen LogP contribution in [0.4, 0.5) is 13.2 Å². The summed E-state index contributed by atoms with van der Waals surface area (Å²) in [4.78, 5) is 29.3. The Kier molecular flexibility index (Phi) is 9.57. The molecule has 0 atom stereocenters. The van der Waals surface area contributed by atoms with Gasteiger partial charge in [-0.05, 0) is 64.5 Å². The van der Waals surface area contributed by atoms with Gasteiger partial charge in [0.2, 0.25) is 0 Å². The lowest BCUT2D eigenvalue weighted by Gasteiger charge is -2.12. The molecular formula is C30H15Br3Cl2F3N3O3. The molecule has 0 saturated heterocycles. The molecule has 0 aliphatic rings. The molecule has 14 heteroatoms. The van der Waals surface area contributed by atoms with Gasteiger partial charge >= 0.3 is 12.1 Å². The summed E-state index contributed by atoms with van der Waals surface area (Å²) in [6, 6.07) is 17.5. The van der Waals surface area contributed by atoms with E-state index in [0.717, 1.165) is 12.1 Å². The maximum absolute atomic E-state index is 13.5. The molecule has 2 N–H and O–H groups in total. The van der Waals surface area contributed by atoms with Gasteiger partial charge in [0.05, 0.1) is 32.4 Å². The number of nitrogens with one attached hydrogen (secondary N) is 2. The number of carbonyl (C=O) groups is 2. The minimum Gasteiger partial charge on any atom is -0.421 e. The Labute approximate surface area is 283 Å². The van der Waals surface area contributed by atoms with E-state index in [4.69, 9.17) is 27.9 Å². The largest absolute Gasteiger partial charge is 0.421 e. The number of alkyl halides is 3. The summed E-state index contributed by atoms with van der Waals surface area (Å²) in [7, 11) is 0. The molecule has 5 aromatic rings. The molecule has 224 valence electrons. The lowest BCUT2D eigenvalue weighted by Crippen LogP contribution is -2.19. The number of fused-ring (bicyclic) bond motifs is 1. The summed E-state index contributed by atoms with van der Waals surface area (Å²) in [5.74, 6) is -1.69. The van der Waals surface area contributed by atoms with Crippen LogP contribution in [-0.4, -0.2) is 23.1 Å². The van der Waals surface area contributed by atoms with E-state index < -0.39 is 23.6 Å². The highest BCUT2D eigenvalue weighted by Crippen LogP contribution is 2.40. The SMILES string of the molecule is O=C(Oc1c(Br)cc(Br)cc1C=NNC(=O)c1[nH]c2c(Cl)cc(Br)cc2c1-c1ccccc1Cl)c1cccc(C(F)(F)F)c1. The number of hydrazone groups is 1. The van der Waals surface area contributed by atoms with Crippen molar-refractivity contribution in [2.24, 2.45) is 5.10 Å². The number of benzene rings is 4. The molecule has 44 heavy (non-hydrogen) atoms. The quantitative estimate of drug-likeness (QED) is 0.0774. The van der Waals surface area contributed by atoms with Gasteiger partial charge < -0.3 is 9.72 Å². The van der Waals surface area contributed by atoms with Gasteiger partial charge in [-0.3, -0.25) is 4.79 Å². The van der Waals surface area contributed by atoms with Crippen molar-refractivity contribution in [3.8, 4) is 16.9 Å². The molecule has 4 aromatic carbocycles. The van der Waals surface area contributed by atoms with Crippen LogP contribution in [0, 0.1) is 0 Å². The molecule has 0 bridgehead atoms. The van der Waals surface area contributed by atoms with Crippen molar-refractivity contribution < 1.29 is 27.5 Å². The molecule has 0 aliphatic heterocycles. The van der Waals surface area contributed by atoms with Gasteiger partial charge in [0.1, 0.15) is 5.69 Å². The molecule has 1 heterocycles. The Morgan fingerprint density at radius 2 is 1.64 bits per heavy atom. The van der Waals surface area contributed by atoms with Crippen molar-refractivity contribution in [1.82, 2.24) is 10.4 Å². The Hall–Kier alpha value is -3.16. The number of H-pyrrole nitrogens is 1. The predicted octanol–water partition coefficient (Wildman–Crippen LogP) is 10.4. The molecule has 0 aliphatic carbocycles. The molecule has 0 unspecified atom stereocenters. The van der Waals surface area contributed by atoms with Crippen molar-refractivity contribution >= 4 is 100.0 Å². The van der Waals surface area contributed by atoms with Crippen molar-refractivity contribution in [1.29, 1.82) is 0 Å². The van der Waals surface area contributed by atoms with Crippen molar-refractivity contribution in [3.63, 3.8) is 0 Å². The smallest absolute Gasteiger partial charge is 0.416 e. The molecule has 1 aromatic heterocycles. The predicted molar refractivity (Wildman–Crippen MR) is 175 cm³/mol. The average Bonchev–Trinajstić information content (AvgIpc) is 3.34. The number of hydrogen-bond acceptors (Lipinski definition) is 4. The fourth-order valence-electron chi connectivity index (χ4n) is 4.31. The third-order valence-electron chi connectivity index (χ3n) is 6.22. The second-order valence-corrected chi connectivity index (χ2v) is 12.6. The maximum Gasteiger partial charge on any atom is 0.416 e. The highest BCUT2D eigenvalue weighted by molar-refractivity contribution is 9.11.